The lowest BCUT2D eigenvalue weighted by Crippen LogP contribution is -1.88. The average molecular weight is 1150 g/mol. The predicted molar refractivity (Wildman–Crippen MR) is 383 cm³/mol. The fourth-order valence-corrected chi connectivity index (χ4v) is 18.6. The quantitative estimate of drug-likeness (QED) is 0.146. The Morgan fingerprint density at radius 1 is 0.138 bits per heavy atom. The van der Waals surface area contributed by atoms with Gasteiger partial charge >= 0.3 is 0 Å². The van der Waals surface area contributed by atoms with E-state index >= 15 is 0 Å². The smallest absolute Gasteiger partial charge is 0.0434 e. The van der Waals surface area contributed by atoms with Crippen molar-refractivity contribution in [2.45, 2.75) is 0 Å². The SMILES string of the molecule is c1ccc(-c2cccc3c2sc2c(-c4cccc(-c5cc(-c6ccc7c(c6)c6ccccc6c6ccc(-c8cccc9c8sc8ccccc89)cc67)cc6c5sc5c(-c7ccc8c9ccccc9c9ccccc9c8c7)cccc56)c4)cccc23)cc1. The van der Waals surface area contributed by atoms with Crippen LogP contribution < -0.4 is 0 Å². The Labute approximate surface area is 513 Å². The van der Waals surface area contributed by atoms with Crippen LogP contribution in [0.15, 0.2) is 291 Å². The van der Waals surface area contributed by atoms with E-state index in [0.29, 0.717) is 0 Å². The van der Waals surface area contributed by atoms with Crippen LogP contribution in [0.2, 0.25) is 0 Å². The monoisotopic (exact) mass is 1150 g/mol. The van der Waals surface area contributed by atoms with Crippen molar-refractivity contribution in [3.05, 3.63) is 291 Å². The fourth-order valence-electron chi connectivity index (χ4n) is 14.6. The molecule has 0 bridgehead atoms. The summed E-state index contributed by atoms with van der Waals surface area (Å²) in [5.41, 5.74) is 14.9. The van der Waals surface area contributed by atoms with Crippen molar-refractivity contribution in [2.24, 2.45) is 0 Å². The molecule has 0 aliphatic heterocycles. The van der Waals surface area contributed by atoms with Crippen LogP contribution >= 0.6 is 34.0 Å². The highest BCUT2D eigenvalue weighted by atomic mass is 32.1. The van der Waals surface area contributed by atoms with Crippen molar-refractivity contribution in [3.8, 4) is 66.8 Å². The molecule has 0 radical (unpaired) electrons. The van der Waals surface area contributed by atoms with Gasteiger partial charge in [-0.3, -0.25) is 0 Å². The molecule has 0 N–H and O–H groups in total. The van der Waals surface area contributed by atoms with Gasteiger partial charge in [-0.15, -0.1) is 34.0 Å². The van der Waals surface area contributed by atoms with Gasteiger partial charge in [0.15, 0.2) is 0 Å². The molecule has 0 aliphatic rings. The normalized spacial score (nSPS) is 12.1. The summed E-state index contributed by atoms with van der Waals surface area (Å²) in [7, 11) is 0. The molecule has 0 saturated heterocycles. The van der Waals surface area contributed by atoms with Gasteiger partial charge in [-0.2, -0.15) is 0 Å². The van der Waals surface area contributed by atoms with Gasteiger partial charge < -0.3 is 0 Å². The maximum Gasteiger partial charge on any atom is 0.0434 e. The van der Waals surface area contributed by atoms with Crippen LogP contribution in [0.5, 0.6) is 0 Å². The van der Waals surface area contributed by atoms with E-state index in [1.54, 1.807) is 0 Å². The number of fused-ring (bicyclic) bond motifs is 21. The van der Waals surface area contributed by atoms with Crippen molar-refractivity contribution >= 4 is 159 Å². The summed E-state index contributed by atoms with van der Waals surface area (Å²) >= 11 is 5.75. The van der Waals surface area contributed by atoms with E-state index in [0.717, 1.165) is 0 Å². The molecule has 3 heteroatoms. The lowest BCUT2D eigenvalue weighted by atomic mass is 9.89. The van der Waals surface area contributed by atoms with Crippen LogP contribution in [-0.4, -0.2) is 0 Å². The van der Waals surface area contributed by atoms with Crippen LogP contribution in [0.4, 0.5) is 0 Å². The van der Waals surface area contributed by atoms with Gasteiger partial charge in [-0.1, -0.05) is 249 Å². The Morgan fingerprint density at radius 3 is 0.977 bits per heavy atom. The third kappa shape index (κ3) is 7.47. The van der Waals surface area contributed by atoms with Crippen LogP contribution in [0.25, 0.3) is 192 Å². The molecule has 0 spiro atoms. The number of hydrogen-bond acceptors (Lipinski definition) is 3. The van der Waals surface area contributed by atoms with E-state index in [-0.39, 0.29) is 0 Å². The van der Waals surface area contributed by atoms with E-state index in [1.165, 1.54) is 192 Å². The van der Waals surface area contributed by atoms with Crippen molar-refractivity contribution in [1.82, 2.24) is 0 Å². The summed E-state index contributed by atoms with van der Waals surface area (Å²) in [5, 5.41) is 23.1. The van der Waals surface area contributed by atoms with Gasteiger partial charge in [0.2, 0.25) is 0 Å². The number of hydrogen-bond donors (Lipinski definition) is 0. The zero-order valence-electron chi connectivity index (χ0n) is 46.9. The lowest BCUT2D eigenvalue weighted by Gasteiger charge is -2.15. The number of rotatable bonds is 6. The first-order valence-electron chi connectivity index (χ1n) is 29.9. The van der Waals surface area contributed by atoms with E-state index in [9.17, 15) is 0 Å². The first kappa shape index (κ1) is 49.0. The summed E-state index contributed by atoms with van der Waals surface area (Å²) in [6.07, 6.45) is 0. The molecular weight excluding hydrogens is 1110 g/mol. The largest absolute Gasteiger partial charge is 0.135 e. The van der Waals surface area contributed by atoms with Crippen LogP contribution in [0, 0.1) is 0 Å². The van der Waals surface area contributed by atoms with Crippen molar-refractivity contribution < 1.29 is 0 Å². The number of thiophene rings is 3. The molecule has 19 rings (SSSR count). The molecule has 0 nitrogen and oxygen atoms in total. The molecule has 16 aromatic carbocycles. The summed E-state index contributed by atoms with van der Waals surface area (Å²) in [6.45, 7) is 0. The summed E-state index contributed by atoms with van der Waals surface area (Å²) in [6, 6.07) is 110. The van der Waals surface area contributed by atoms with Crippen LogP contribution in [0.1, 0.15) is 0 Å². The fraction of sp³-hybridized carbons (Fsp3) is 0. The van der Waals surface area contributed by atoms with E-state index in [4.69, 9.17) is 0 Å². The minimum absolute atomic E-state index is 1.20. The van der Waals surface area contributed by atoms with Gasteiger partial charge in [0, 0.05) is 66.1 Å². The highest BCUT2D eigenvalue weighted by molar-refractivity contribution is 7.27. The summed E-state index contributed by atoms with van der Waals surface area (Å²) in [4.78, 5) is 0. The van der Waals surface area contributed by atoms with Crippen molar-refractivity contribution in [1.29, 1.82) is 0 Å². The zero-order chi connectivity index (χ0) is 56.8. The molecule has 0 aliphatic carbocycles. The molecule has 3 aromatic heterocycles. The zero-order valence-corrected chi connectivity index (χ0v) is 49.4. The highest BCUT2D eigenvalue weighted by Gasteiger charge is 2.21. The Hall–Kier alpha value is -10.3. The highest BCUT2D eigenvalue weighted by Crippen LogP contribution is 2.50. The van der Waals surface area contributed by atoms with Crippen molar-refractivity contribution in [3.63, 3.8) is 0 Å². The van der Waals surface area contributed by atoms with E-state index in [1.807, 2.05) is 34.0 Å². The Bertz CT molecular complexity index is 6100. The Balaban J connectivity index is 0.826. The second-order valence-electron chi connectivity index (χ2n) is 23.3. The van der Waals surface area contributed by atoms with Gasteiger partial charge in [-0.25, -0.2) is 0 Å². The molecule has 87 heavy (non-hydrogen) atoms. The van der Waals surface area contributed by atoms with E-state index in [2.05, 4.69) is 291 Å². The number of benzene rings is 16. The van der Waals surface area contributed by atoms with Crippen LogP contribution in [-0.2, 0) is 0 Å². The molecule has 0 fully saturated rings. The molecule has 0 atom stereocenters. The van der Waals surface area contributed by atoms with Gasteiger partial charge in [0.05, 0.1) is 0 Å². The molecule has 0 amide bonds. The lowest BCUT2D eigenvalue weighted by molar-refractivity contribution is 1.64. The molecule has 3 heterocycles. The second-order valence-corrected chi connectivity index (χ2v) is 26.4. The third-order valence-electron chi connectivity index (χ3n) is 18.6. The minimum Gasteiger partial charge on any atom is -0.135 e. The summed E-state index contributed by atoms with van der Waals surface area (Å²) in [5.74, 6) is 0. The first-order valence-corrected chi connectivity index (χ1v) is 32.3. The molecule has 0 saturated carbocycles. The maximum absolute atomic E-state index is 2.49. The first-order chi connectivity index (χ1) is 43.1. The van der Waals surface area contributed by atoms with E-state index < -0.39 is 0 Å². The van der Waals surface area contributed by atoms with Crippen molar-refractivity contribution in [2.75, 3.05) is 0 Å². The topological polar surface area (TPSA) is 0 Å². The second kappa shape index (κ2) is 19.1. The molecule has 0 unspecified atom stereocenters. The average Bonchev–Trinajstić information content (AvgIpc) is 2.77. The predicted octanol–water partition coefficient (Wildman–Crippen LogP) is 25.7. The summed E-state index contributed by atoms with van der Waals surface area (Å²) < 4.78 is 7.90. The molecular formula is C84H48S3. The standard InChI is InChI=1S/C84H48S3/c1-2-17-49(18-3-1)56-28-13-33-71-72-34-15-29-57(82(72)86-81(56)71)51-19-12-20-52(43-51)74-47-55(48-78-73-35-16-31-59(83(73)87-84(74)78)54-39-41-66-62-23-5-4-21-60(62)61-22-6-8-25-64(61)76(66)45-54)50-37-40-68-75(44-50)65-26-9-7-24-63(65)67-42-38-53(46-77(67)68)58-30-14-32-70-69-27-10-11-36-79(69)85-80(58)70/h1-48H. The Kier molecular flexibility index (Phi) is 10.8. The Morgan fingerprint density at radius 2 is 0.448 bits per heavy atom. The minimum atomic E-state index is 1.20. The van der Waals surface area contributed by atoms with Gasteiger partial charge in [0.25, 0.3) is 0 Å². The maximum atomic E-state index is 2.49. The molecule has 402 valence electrons. The molecule has 19 aromatic rings. The van der Waals surface area contributed by atoms with Crippen LogP contribution in [0.3, 0.4) is 0 Å². The third-order valence-corrected chi connectivity index (χ3v) is 22.4. The van der Waals surface area contributed by atoms with Gasteiger partial charge in [0.1, 0.15) is 0 Å². The van der Waals surface area contributed by atoms with Gasteiger partial charge in [-0.05, 0) is 168 Å².